The van der Waals surface area contributed by atoms with Crippen LogP contribution in [0, 0.1) is 0 Å². The summed E-state index contributed by atoms with van der Waals surface area (Å²) in [5, 5.41) is 13.5. The van der Waals surface area contributed by atoms with Crippen LogP contribution in [0.5, 0.6) is 0 Å². The van der Waals surface area contributed by atoms with Gasteiger partial charge in [-0.2, -0.15) is 0 Å². The second kappa shape index (κ2) is 9.26. The van der Waals surface area contributed by atoms with Gasteiger partial charge in [0.05, 0.1) is 6.61 Å². The zero-order chi connectivity index (χ0) is 11.5. The molecule has 0 aromatic rings. The first-order valence-corrected chi connectivity index (χ1v) is 4.99. The lowest BCUT2D eigenvalue weighted by Gasteiger charge is -2.05. The van der Waals surface area contributed by atoms with E-state index in [1.807, 2.05) is 0 Å². The molecule has 88 valence electrons. The third-order valence-corrected chi connectivity index (χ3v) is 1.55. The average molecular weight is 218 g/mol. The van der Waals surface area contributed by atoms with Crippen LogP contribution in [-0.2, 0) is 9.53 Å². The van der Waals surface area contributed by atoms with E-state index in [4.69, 9.17) is 5.11 Å². The number of rotatable bonds is 7. The smallest absolute Gasteiger partial charge is 0.407 e. The molecule has 6 heteroatoms. The summed E-state index contributed by atoms with van der Waals surface area (Å²) in [7, 11) is 0. The van der Waals surface area contributed by atoms with Gasteiger partial charge in [-0.25, -0.2) is 4.79 Å². The quantitative estimate of drug-likeness (QED) is 0.508. The molecule has 3 N–H and O–H groups in total. The minimum atomic E-state index is -0.513. The molecular weight excluding hydrogens is 200 g/mol. The summed E-state index contributed by atoms with van der Waals surface area (Å²) >= 11 is 0. The molecule has 0 aromatic heterocycles. The predicted octanol–water partition coefficient (Wildman–Crippen LogP) is -0.379. The van der Waals surface area contributed by atoms with Gasteiger partial charge >= 0.3 is 6.09 Å². The van der Waals surface area contributed by atoms with E-state index >= 15 is 0 Å². The van der Waals surface area contributed by atoms with E-state index < -0.39 is 6.09 Å². The summed E-state index contributed by atoms with van der Waals surface area (Å²) in [6.45, 7) is 2.79. The minimum absolute atomic E-state index is 0.0569. The maximum atomic E-state index is 11.1. The first-order valence-electron chi connectivity index (χ1n) is 4.99. The number of amides is 2. The third-order valence-electron chi connectivity index (χ3n) is 1.55. The van der Waals surface area contributed by atoms with Gasteiger partial charge in [-0.3, -0.25) is 4.79 Å². The Morgan fingerprint density at radius 1 is 1.27 bits per heavy atom. The Bertz CT molecular complexity index is 197. The molecule has 0 saturated heterocycles. The van der Waals surface area contributed by atoms with E-state index in [1.165, 1.54) is 0 Å². The molecule has 0 fully saturated rings. The fourth-order valence-electron chi connectivity index (χ4n) is 0.855. The second-order valence-corrected chi connectivity index (χ2v) is 2.82. The van der Waals surface area contributed by atoms with Crippen molar-refractivity contribution in [1.29, 1.82) is 0 Å². The number of nitrogens with one attached hydrogen (secondary N) is 2. The lowest BCUT2D eigenvalue weighted by atomic mass is 10.3. The number of ether oxygens (including phenoxy) is 1. The molecule has 6 nitrogen and oxygen atoms in total. The highest BCUT2D eigenvalue weighted by molar-refractivity contribution is 5.76. The second-order valence-electron chi connectivity index (χ2n) is 2.82. The summed E-state index contributed by atoms with van der Waals surface area (Å²) in [6.07, 6.45) is 0.238. The first-order chi connectivity index (χ1) is 7.20. The minimum Gasteiger partial charge on any atom is -0.450 e. The van der Waals surface area contributed by atoms with Gasteiger partial charge in [0.1, 0.15) is 0 Å². The van der Waals surface area contributed by atoms with Gasteiger partial charge < -0.3 is 20.5 Å². The molecule has 2 amide bonds. The highest BCUT2D eigenvalue weighted by Crippen LogP contribution is 1.81. The van der Waals surface area contributed by atoms with Crippen LogP contribution < -0.4 is 10.6 Å². The molecule has 0 heterocycles. The zero-order valence-corrected chi connectivity index (χ0v) is 8.91. The fraction of sp³-hybridized carbons (Fsp3) is 0.778. The lowest BCUT2D eigenvalue weighted by molar-refractivity contribution is -0.120. The van der Waals surface area contributed by atoms with Crippen LogP contribution in [0.25, 0.3) is 0 Å². The van der Waals surface area contributed by atoms with Crippen molar-refractivity contribution in [3.63, 3.8) is 0 Å². The van der Waals surface area contributed by atoms with Crippen molar-refractivity contribution >= 4 is 12.0 Å². The molecule has 0 unspecified atom stereocenters. The third kappa shape index (κ3) is 9.01. The molecule has 0 aliphatic heterocycles. The van der Waals surface area contributed by atoms with Gasteiger partial charge in [0.2, 0.25) is 5.91 Å². The van der Waals surface area contributed by atoms with E-state index in [2.05, 4.69) is 15.4 Å². The molecule has 0 radical (unpaired) electrons. The Balaban J connectivity index is 3.34. The lowest BCUT2D eigenvalue weighted by Crippen LogP contribution is -2.31. The molecule has 0 bridgehead atoms. The molecule has 0 saturated carbocycles. The summed E-state index contributed by atoms with van der Waals surface area (Å²) in [4.78, 5) is 21.9. The molecule has 0 atom stereocenters. The van der Waals surface area contributed by atoms with E-state index in [9.17, 15) is 9.59 Å². The Labute approximate surface area is 89.0 Å². The molecule has 0 aromatic carbocycles. The molecule has 0 aliphatic carbocycles. The summed E-state index contributed by atoms with van der Waals surface area (Å²) in [6, 6.07) is 0. The number of aliphatic hydroxyl groups excluding tert-OH is 1. The Morgan fingerprint density at radius 2 is 2.00 bits per heavy atom. The summed E-state index contributed by atoms with van der Waals surface area (Å²) < 4.78 is 4.61. The normalized spacial score (nSPS) is 9.47. The number of carbonyl (C=O) groups is 2. The van der Waals surface area contributed by atoms with Crippen LogP contribution in [0.2, 0.25) is 0 Å². The van der Waals surface area contributed by atoms with Gasteiger partial charge in [-0.05, 0) is 13.3 Å². The average Bonchev–Trinajstić information content (AvgIpc) is 2.18. The van der Waals surface area contributed by atoms with Gasteiger partial charge in [0, 0.05) is 26.1 Å². The fourth-order valence-corrected chi connectivity index (χ4v) is 0.855. The number of carbonyl (C=O) groups excluding carboxylic acids is 2. The first kappa shape index (κ1) is 13.7. The van der Waals surface area contributed by atoms with Crippen molar-refractivity contribution in [2.24, 2.45) is 0 Å². The predicted molar refractivity (Wildman–Crippen MR) is 54.4 cm³/mol. The standard InChI is InChI=1S/C9H18N2O4/c1-2-15-9(14)11-6-4-8(13)10-5-3-7-12/h12H,2-7H2,1H3,(H,10,13)(H,11,14). The number of hydrogen-bond acceptors (Lipinski definition) is 4. The van der Waals surface area contributed by atoms with Gasteiger partial charge in [0.25, 0.3) is 0 Å². The van der Waals surface area contributed by atoms with Crippen molar-refractivity contribution in [2.45, 2.75) is 19.8 Å². The summed E-state index contributed by atoms with van der Waals surface area (Å²) in [5.74, 6) is -0.153. The SMILES string of the molecule is CCOC(=O)NCCC(=O)NCCCO. The maximum absolute atomic E-state index is 11.1. The van der Waals surface area contributed by atoms with E-state index in [0.717, 1.165) is 0 Å². The highest BCUT2D eigenvalue weighted by atomic mass is 16.5. The van der Waals surface area contributed by atoms with Crippen LogP contribution in [0.1, 0.15) is 19.8 Å². The van der Waals surface area contributed by atoms with Crippen molar-refractivity contribution in [3.05, 3.63) is 0 Å². The largest absolute Gasteiger partial charge is 0.450 e. The molecular formula is C9H18N2O4. The van der Waals surface area contributed by atoms with Gasteiger partial charge in [-0.15, -0.1) is 0 Å². The summed E-state index contributed by atoms with van der Waals surface area (Å²) in [5.41, 5.74) is 0. The van der Waals surface area contributed by atoms with Gasteiger partial charge in [0.15, 0.2) is 0 Å². The van der Waals surface area contributed by atoms with E-state index in [0.29, 0.717) is 19.6 Å². The Kier molecular flexibility index (Phi) is 8.46. The maximum Gasteiger partial charge on any atom is 0.407 e. The molecule has 15 heavy (non-hydrogen) atoms. The number of hydrogen-bond donors (Lipinski definition) is 3. The van der Waals surface area contributed by atoms with Crippen LogP contribution in [0.4, 0.5) is 4.79 Å². The Morgan fingerprint density at radius 3 is 2.60 bits per heavy atom. The highest BCUT2D eigenvalue weighted by Gasteiger charge is 2.02. The Hall–Kier alpha value is -1.30. The van der Waals surface area contributed by atoms with Crippen molar-refractivity contribution in [2.75, 3.05) is 26.3 Å². The van der Waals surface area contributed by atoms with E-state index in [1.54, 1.807) is 6.92 Å². The van der Waals surface area contributed by atoms with Crippen molar-refractivity contribution in [3.8, 4) is 0 Å². The zero-order valence-electron chi connectivity index (χ0n) is 8.91. The van der Waals surface area contributed by atoms with Crippen molar-refractivity contribution in [1.82, 2.24) is 10.6 Å². The van der Waals surface area contributed by atoms with Crippen LogP contribution in [0.3, 0.4) is 0 Å². The van der Waals surface area contributed by atoms with Crippen LogP contribution in [0.15, 0.2) is 0 Å². The molecule has 0 spiro atoms. The monoisotopic (exact) mass is 218 g/mol. The number of aliphatic hydroxyl groups is 1. The topological polar surface area (TPSA) is 87.7 Å². The van der Waals surface area contributed by atoms with Gasteiger partial charge in [-0.1, -0.05) is 0 Å². The van der Waals surface area contributed by atoms with Crippen LogP contribution >= 0.6 is 0 Å². The number of alkyl carbamates (subject to hydrolysis) is 1. The van der Waals surface area contributed by atoms with E-state index in [-0.39, 0.29) is 25.5 Å². The van der Waals surface area contributed by atoms with Crippen molar-refractivity contribution < 1.29 is 19.4 Å². The van der Waals surface area contributed by atoms with Crippen LogP contribution in [-0.4, -0.2) is 43.4 Å². The molecule has 0 aliphatic rings. The molecule has 0 rings (SSSR count).